The summed E-state index contributed by atoms with van der Waals surface area (Å²) in [5, 5.41) is 11.0. The fourth-order valence-electron chi connectivity index (χ4n) is 2.15. The third-order valence-corrected chi connectivity index (χ3v) is 3.07. The smallest absolute Gasteiger partial charge is 0.293 e. The molecule has 0 fully saturated rings. The van der Waals surface area contributed by atoms with Crippen LogP contribution in [0.2, 0.25) is 0 Å². The van der Waals surface area contributed by atoms with Gasteiger partial charge in [0.2, 0.25) is 0 Å². The fraction of sp³-hybridized carbons (Fsp3) is 0.214. The highest BCUT2D eigenvalue weighted by atomic mass is 16.6. The van der Waals surface area contributed by atoms with Gasteiger partial charge in [-0.15, -0.1) is 0 Å². The molecule has 0 bridgehead atoms. The van der Waals surface area contributed by atoms with Crippen molar-refractivity contribution in [3.05, 3.63) is 64.0 Å². The third-order valence-electron chi connectivity index (χ3n) is 3.07. The van der Waals surface area contributed by atoms with Crippen LogP contribution in [0.25, 0.3) is 0 Å². The van der Waals surface area contributed by atoms with Crippen LogP contribution < -0.4 is 11.3 Å². The highest BCUT2D eigenvalue weighted by Gasteiger charge is 2.17. The zero-order valence-corrected chi connectivity index (χ0v) is 11.7. The zero-order chi connectivity index (χ0) is 15.2. The maximum absolute atomic E-state index is 11.0. The van der Waals surface area contributed by atoms with Crippen LogP contribution in [0, 0.1) is 10.1 Å². The number of nitrogen functional groups attached to an aromatic ring is 1. The van der Waals surface area contributed by atoms with Crippen LogP contribution in [-0.2, 0) is 13.1 Å². The molecule has 0 aliphatic rings. The van der Waals surface area contributed by atoms with Crippen LogP contribution >= 0.6 is 0 Å². The fourth-order valence-corrected chi connectivity index (χ4v) is 2.15. The van der Waals surface area contributed by atoms with Crippen molar-refractivity contribution in [2.75, 3.05) is 12.5 Å². The van der Waals surface area contributed by atoms with E-state index in [2.05, 4.69) is 10.4 Å². The highest BCUT2D eigenvalue weighted by molar-refractivity contribution is 5.65. The molecule has 1 heterocycles. The van der Waals surface area contributed by atoms with E-state index >= 15 is 0 Å². The number of hydrazine groups is 1. The number of benzene rings is 1. The molecule has 0 spiro atoms. The molecule has 0 amide bonds. The molecule has 0 unspecified atom stereocenters. The number of para-hydroxylation sites is 1. The summed E-state index contributed by atoms with van der Waals surface area (Å²) in [5.74, 6) is 5.43. The summed E-state index contributed by atoms with van der Waals surface area (Å²) in [6, 6.07) is 10.6. The van der Waals surface area contributed by atoms with Gasteiger partial charge in [-0.25, -0.2) is 0 Å². The number of pyridine rings is 1. The first-order valence-corrected chi connectivity index (χ1v) is 6.43. The van der Waals surface area contributed by atoms with E-state index in [9.17, 15) is 10.1 Å². The van der Waals surface area contributed by atoms with Crippen LogP contribution in [0.5, 0.6) is 0 Å². The second kappa shape index (κ2) is 6.78. The molecule has 2 aromatic rings. The van der Waals surface area contributed by atoms with Crippen molar-refractivity contribution in [3.63, 3.8) is 0 Å². The molecule has 110 valence electrons. The molecule has 7 heteroatoms. The van der Waals surface area contributed by atoms with Crippen molar-refractivity contribution >= 4 is 11.4 Å². The monoisotopic (exact) mass is 287 g/mol. The Morgan fingerprint density at radius 2 is 2.10 bits per heavy atom. The minimum absolute atomic E-state index is 0.0266. The van der Waals surface area contributed by atoms with E-state index < -0.39 is 4.92 Å². The summed E-state index contributed by atoms with van der Waals surface area (Å²) in [6.45, 7) is 1.17. The standard InChI is InChI=1S/C14H17N5O2/c1-18(10-12-6-2-3-8-16-12)9-11-5-4-7-13(19(20)21)14(11)17-15/h2-8,17H,9-10,15H2,1H3. The lowest BCUT2D eigenvalue weighted by molar-refractivity contribution is -0.384. The Hall–Kier alpha value is -2.51. The molecule has 3 N–H and O–H groups in total. The van der Waals surface area contributed by atoms with E-state index in [1.165, 1.54) is 6.07 Å². The van der Waals surface area contributed by atoms with E-state index in [0.717, 1.165) is 11.3 Å². The Kier molecular flexibility index (Phi) is 4.81. The van der Waals surface area contributed by atoms with Gasteiger partial charge in [0, 0.05) is 25.4 Å². The lowest BCUT2D eigenvalue weighted by atomic mass is 10.1. The van der Waals surface area contributed by atoms with Gasteiger partial charge in [0.25, 0.3) is 5.69 Å². The number of nitro benzene ring substituents is 1. The Balaban J connectivity index is 2.15. The van der Waals surface area contributed by atoms with Gasteiger partial charge in [0.1, 0.15) is 5.69 Å². The lowest BCUT2D eigenvalue weighted by Gasteiger charge is -2.18. The second-order valence-corrected chi connectivity index (χ2v) is 4.71. The summed E-state index contributed by atoms with van der Waals surface area (Å²) >= 11 is 0. The maximum Gasteiger partial charge on any atom is 0.293 e. The molecule has 0 aliphatic heterocycles. The number of nitrogens with one attached hydrogen (secondary N) is 1. The molecule has 0 atom stereocenters. The van der Waals surface area contributed by atoms with Gasteiger partial charge in [-0.3, -0.25) is 25.8 Å². The molecule has 0 radical (unpaired) electrons. The first-order chi connectivity index (χ1) is 10.1. The molecule has 2 rings (SSSR count). The molecule has 21 heavy (non-hydrogen) atoms. The molecule has 0 saturated carbocycles. The second-order valence-electron chi connectivity index (χ2n) is 4.71. The molecule has 7 nitrogen and oxygen atoms in total. The molecular weight excluding hydrogens is 270 g/mol. The number of hydrogen-bond acceptors (Lipinski definition) is 6. The summed E-state index contributed by atoms with van der Waals surface area (Å²) < 4.78 is 0. The van der Waals surface area contributed by atoms with E-state index in [1.807, 2.05) is 36.2 Å². The summed E-state index contributed by atoms with van der Waals surface area (Å²) in [4.78, 5) is 16.8. The van der Waals surface area contributed by atoms with Crippen LogP contribution in [0.1, 0.15) is 11.3 Å². The number of hydrogen-bond donors (Lipinski definition) is 2. The van der Waals surface area contributed by atoms with Crippen molar-refractivity contribution in [3.8, 4) is 0 Å². The van der Waals surface area contributed by atoms with Gasteiger partial charge in [0.15, 0.2) is 0 Å². The van der Waals surface area contributed by atoms with Gasteiger partial charge in [-0.05, 0) is 24.7 Å². The molecule has 1 aromatic heterocycles. The number of nitrogens with two attached hydrogens (primary N) is 1. The van der Waals surface area contributed by atoms with Crippen LogP contribution in [0.15, 0.2) is 42.6 Å². The zero-order valence-electron chi connectivity index (χ0n) is 11.7. The minimum atomic E-state index is -0.447. The Morgan fingerprint density at radius 3 is 2.71 bits per heavy atom. The summed E-state index contributed by atoms with van der Waals surface area (Å²) in [6.07, 6.45) is 1.74. The largest absolute Gasteiger partial charge is 0.318 e. The molecule has 0 saturated heterocycles. The van der Waals surface area contributed by atoms with Crippen molar-refractivity contribution < 1.29 is 4.92 Å². The number of aromatic nitrogens is 1. The first-order valence-electron chi connectivity index (χ1n) is 6.43. The Morgan fingerprint density at radius 1 is 1.29 bits per heavy atom. The molecule has 1 aromatic carbocycles. The van der Waals surface area contributed by atoms with Gasteiger partial charge >= 0.3 is 0 Å². The molecule has 0 aliphatic carbocycles. The van der Waals surface area contributed by atoms with Crippen LogP contribution in [0.3, 0.4) is 0 Å². The Bertz CT molecular complexity index is 618. The normalized spacial score (nSPS) is 10.6. The topological polar surface area (TPSA) is 97.3 Å². The van der Waals surface area contributed by atoms with Crippen molar-refractivity contribution in [2.45, 2.75) is 13.1 Å². The van der Waals surface area contributed by atoms with Crippen molar-refractivity contribution in [2.24, 2.45) is 5.84 Å². The van der Waals surface area contributed by atoms with Gasteiger partial charge in [0.05, 0.1) is 10.6 Å². The van der Waals surface area contributed by atoms with E-state index in [4.69, 9.17) is 5.84 Å². The quantitative estimate of drug-likeness (QED) is 0.478. The van der Waals surface area contributed by atoms with Crippen LogP contribution in [-0.4, -0.2) is 21.9 Å². The van der Waals surface area contributed by atoms with Gasteiger partial charge in [-0.2, -0.15) is 0 Å². The van der Waals surface area contributed by atoms with Crippen molar-refractivity contribution in [1.29, 1.82) is 0 Å². The number of nitrogens with zero attached hydrogens (tertiary/aromatic N) is 3. The average Bonchev–Trinajstić information content (AvgIpc) is 2.47. The lowest BCUT2D eigenvalue weighted by Crippen LogP contribution is -2.20. The SMILES string of the molecule is CN(Cc1ccccn1)Cc1cccc([N+](=O)[O-])c1NN. The maximum atomic E-state index is 11.0. The predicted molar refractivity (Wildman–Crippen MR) is 80.3 cm³/mol. The Labute approximate surface area is 122 Å². The van der Waals surface area contributed by atoms with Gasteiger partial charge in [-0.1, -0.05) is 18.2 Å². The van der Waals surface area contributed by atoms with Crippen molar-refractivity contribution in [1.82, 2.24) is 9.88 Å². The number of rotatable bonds is 6. The summed E-state index contributed by atoms with van der Waals surface area (Å²) in [5.41, 5.74) is 4.45. The average molecular weight is 287 g/mol. The van der Waals surface area contributed by atoms with E-state index in [-0.39, 0.29) is 5.69 Å². The number of nitro groups is 1. The van der Waals surface area contributed by atoms with Crippen LogP contribution in [0.4, 0.5) is 11.4 Å². The van der Waals surface area contributed by atoms with E-state index in [0.29, 0.717) is 18.8 Å². The predicted octanol–water partition coefficient (Wildman–Crippen LogP) is 1.91. The highest BCUT2D eigenvalue weighted by Crippen LogP contribution is 2.28. The minimum Gasteiger partial charge on any atom is -0.318 e. The van der Waals surface area contributed by atoms with E-state index in [1.54, 1.807) is 12.3 Å². The van der Waals surface area contributed by atoms with Gasteiger partial charge < -0.3 is 5.43 Å². The third kappa shape index (κ3) is 3.74. The first kappa shape index (κ1) is 14.9. The number of anilines is 1. The summed E-state index contributed by atoms with van der Waals surface area (Å²) in [7, 11) is 1.92. The molecular formula is C14H17N5O2.